The van der Waals surface area contributed by atoms with Crippen molar-refractivity contribution < 1.29 is 0 Å². The van der Waals surface area contributed by atoms with Crippen LogP contribution in [0.3, 0.4) is 0 Å². The maximum absolute atomic E-state index is 12.8. The summed E-state index contributed by atoms with van der Waals surface area (Å²) in [5.41, 5.74) is 6.39. The molecule has 1 aliphatic heterocycles. The lowest BCUT2D eigenvalue weighted by Crippen LogP contribution is -2.47. The zero-order valence-corrected chi connectivity index (χ0v) is 19.1. The van der Waals surface area contributed by atoms with Gasteiger partial charge in [-0.3, -0.25) is 9.78 Å². The van der Waals surface area contributed by atoms with Gasteiger partial charge in [0.1, 0.15) is 4.70 Å². The SMILES string of the molecule is Cc1cccc(-c2csc3c(=O)[nH]c(N4CCN(c5cc(Cl)ccc5C)CC4)nc23)c1. The van der Waals surface area contributed by atoms with Crippen LogP contribution in [0.5, 0.6) is 0 Å². The van der Waals surface area contributed by atoms with E-state index in [1.165, 1.54) is 28.2 Å². The zero-order chi connectivity index (χ0) is 21.5. The van der Waals surface area contributed by atoms with Crippen molar-refractivity contribution in [2.24, 2.45) is 0 Å². The van der Waals surface area contributed by atoms with Gasteiger partial charge in [0, 0.05) is 47.8 Å². The Balaban J connectivity index is 1.44. The van der Waals surface area contributed by atoms with Gasteiger partial charge in [0.15, 0.2) is 0 Å². The Bertz CT molecular complexity index is 1320. The highest BCUT2D eigenvalue weighted by atomic mass is 35.5. The van der Waals surface area contributed by atoms with Crippen molar-refractivity contribution in [3.8, 4) is 11.1 Å². The molecule has 0 spiro atoms. The van der Waals surface area contributed by atoms with Crippen LogP contribution >= 0.6 is 22.9 Å². The second-order valence-corrected chi connectivity index (χ2v) is 9.31. The maximum Gasteiger partial charge on any atom is 0.270 e. The first kappa shape index (κ1) is 20.1. The molecule has 2 aromatic heterocycles. The van der Waals surface area contributed by atoms with Crippen LogP contribution in [0.25, 0.3) is 21.3 Å². The number of aromatic amines is 1. The number of hydrogen-bond donors (Lipinski definition) is 1. The van der Waals surface area contributed by atoms with Gasteiger partial charge >= 0.3 is 0 Å². The third-order valence-electron chi connectivity index (χ3n) is 5.83. The Kier molecular flexibility index (Phi) is 5.20. The van der Waals surface area contributed by atoms with E-state index in [0.717, 1.165) is 47.8 Å². The average Bonchev–Trinajstić information content (AvgIpc) is 3.20. The van der Waals surface area contributed by atoms with Gasteiger partial charge in [-0.25, -0.2) is 4.98 Å². The third kappa shape index (κ3) is 3.82. The van der Waals surface area contributed by atoms with Crippen molar-refractivity contribution >= 4 is 44.8 Å². The minimum Gasteiger partial charge on any atom is -0.368 e. The highest BCUT2D eigenvalue weighted by Crippen LogP contribution is 2.32. The van der Waals surface area contributed by atoms with Crippen LogP contribution in [0, 0.1) is 13.8 Å². The first-order valence-corrected chi connectivity index (χ1v) is 11.6. The van der Waals surface area contributed by atoms with Gasteiger partial charge < -0.3 is 9.80 Å². The van der Waals surface area contributed by atoms with E-state index >= 15 is 0 Å². The van der Waals surface area contributed by atoms with Crippen molar-refractivity contribution in [3.63, 3.8) is 0 Å². The quantitative estimate of drug-likeness (QED) is 0.463. The molecule has 0 saturated carbocycles. The molecule has 0 bridgehead atoms. The van der Waals surface area contributed by atoms with E-state index in [1.54, 1.807) is 0 Å². The summed E-state index contributed by atoms with van der Waals surface area (Å²) in [6.45, 7) is 7.43. The minimum atomic E-state index is -0.0722. The Hall–Kier alpha value is -2.83. The Morgan fingerprint density at radius 1 is 1.03 bits per heavy atom. The molecule has 4 aromatic rings. The second-order valence-electron chi connectivity index (χ2n) is 7.99. The molecule has 0 atom stereocenters. The van der Waals surface area contributed by atoms with Crippen LogP contribution in [0.2, 0.25) is 5.02 Å². The van der Waals surface area contributed by atoms with Gasteiger partial charge in [0.05, 0.1) is 5.52 Å². The molecule has 2 aromatic carbocycles. The molecule has 1 aliphatic rings. The average molecular weight is 451 g/mol. The molecule has 0 unspecified atom stereocenters. The van der Waals surface area contributed by atoms with E-state index in [1.807, 2.05) is 23.6 Å². The number of nitrogens with zero attached hydrogens (tertiary/aromatic N) is 3. The summed E-state index contributed by atoms with van der Waals surface area (Å²) in [6.07, 6.45) is 0. The van der Waals surface area contributed by atoms with Gasteiger partial charge in [-0.1, -0.05) is 47.5 Å². The van der Waals surface area contributed by atoms with Gasteiger partial charge in [-0.15, -0.1) is 11.3 Å². The number of thiophene rings is 1. The van der Waals surface area contributed by atoms with Gasteiger partial charge in [0.25, 0.3) is 5.56 Å². The van der Waals surface area contributed by atoms with Gasteiger partial charge in [0.2, 0.25) is 5.95 Å². The number of aromatic nitrogens is 2. The van der Waals surface area contributed by atoms with Gasteiger partial charge in [-0.2, -0.15) is 0 Å². The first-order chi connectivity index (χ1) is 15.0. The molecule has 31 heavy (non-hydrogen) atoms. The molecule has 5 rings (SSSR count). The highest BCUT2D eigenvalue weighted by Gasteiger charge is 2.22. The zero-order valence-electron chi connectivity index (χ0n) is 17.5. The predicted octanol–water partition coefficient (Wildman–Crippen LogP) is 5.25. The monoisotopic (exact) mass is 450 g/mol. The lowest BCUT2D eigenvalue weighted by atomic mass is 10.1. The number of rotatable bonds is 3. The topological polar surface area (TPSA) is 52.2 Å². The number of aryl methyl sites for hydroxylation is 2. The predicted molar refractivity (Wildman–Crippen MR) is 131 cm³/mol. The van der Waals surface area contributed by atoms with Crippen LogP contribution in [0.1, 0.15) is 11.1 Å². The number of nitrogens with one attached hydrogen (secondary N) is 1. The second kappa shape index (κ2) is 8.02. The van der Waals surface area contributed by atoms with Crippen LogP contribution < -0.4 is 15.4 Å². The smallest absolute Gasteiger partial charge is 0.270 e. The van der Waals surface area contributed by atoms with Crippen LogP contribution in [0.4, 0.5) is 11.6 Å². The number of H-pyrrole nitrogens is 1. The number of fused-ring (bicyclic) bond motifs is 1. The number of halogens is 1. The van der Waals surface area contributed by atoms with Crippen LogP contribution in [-0.2, 0) is 0 Å². The molecule has 5 nitrogen and oxygen atoms in total. The fraction of sp³-hybridized carbons (Fsp3) is 0.250. The largest absolute Gasteiger partial charge is 0.368 e. The van der Waals surface area contributed by atoms with E-state index < -0.39 is 0 Å². The molecule has 0 aliphatic carbocycles. The van der Waals surface area contributed by atoms with E-state index in [-0.39, 0.29) is 5.56 Å². The first-order valence-electron chi connectivity index (χ1n) is 10.3. The lowest BCUT2D eigenvalue weighted by molar-refractivity contribution is 0.639. The normalized spacial score (nSPS) is 14.4. The van der Waals surface area contributed by atoms with E-state index in [0.29, 0.717) is 10.6 Å². The van der Waals surface area contributed by atoms with Crippen molar-refractivity contribution in [1.82, 2.24) is 9.97 Å². The summed E-state index contributed by atoms with van der Waals surface area (Å²) < 4.78 is 0.674. The van der Waals surface area contributed by atoms with Crippen LogP contribution in [-0.4, -0.2) is 36.1 Å². The van der Waals surface area contributed by atoms with E-state index in [4.69, 9.17) is 16.6 Å². The fourth-order valence-corrected chi connectivity index (χ4v) is 5.24. The Labute approximate surface area is 189 Å². The summed E-state index contributed by atoms with van der Waals surface area (Å²) in [4.78, 5) is 25.2. The molecule has 1 saturated heterocycles. The summed E-state index contributed by atoms with van der Waals surface area (Å²) in [5, 5.41) is 2.78. The summed E-state index contributed by atoms with van der Waals surface area (Å²) in [6, 6.07) is 14.3. The van der Waals surface area contributed by atoms with E-state index in [9.17, 15) is 4.79 Å². The van der Waals surface area contributed by atoms with Gasteiger partial charge in [-0.05, 0) is 37.1 Å². The van der Waals surface area contributed by atoms with E-state index in [2.05, 4.69) is 52.9 Å². The molecule has 1 N–H and O–H groups in total. The molecule has 0 radical (unpaired) electrons. The number of anilines is 2. The standard InChI is InChI=1S/C24H23ClN4OS/c1-15-4-3-5-17(12-15)19-14-31-22-21(19)26-24(27-23(22)30)29-10-8-28(9-11-29)20-13-18(25)7-6-16(20)2/h3-7,12-14H,8-11H2,1-2H3,(H,26,27,30). The molecular weight excluding hydrogens is 428 g/mol. The van der Waals surface area contributed by atoms with Crippen molar-refractivity contribution in [3.05, 3.63) is 74.3 Å². The highest BCUT2D eigenvalue weighted by molar-refractivity contribution is 7.17. The summed E-state index contributed by atoms with van der Waals surface area (Å²) >= 11 is 7.66. The number of hydrogen-bond acceptors (Lipinski definition) is 5. The van der Waals surface area contributed by atoms with Crippen molar-refractivity contribution in [2.75, 3.05) is 36.0 Å². The minimum absolute atomic E-state index is 0.0722. The Morgan fingerprint density at radius 3 is 2.58 bits per heavy atom. The molecule has 3 heterocycles. The molecular formula is C24H23ClN4OS. The third-order valence-corrected chi connectivity index (χ3v) is 7.04. The molecule has 1 fully saturated rings. The number of piperazine rings is 1. The lowest BCUT2D eigenvalue weighted by Gasteiger charge is -2.37. The number of benzene rings is 2. The molecule has 158 valence electrons. The summed E-state index contributed by atoms with van der Waals surface area (Å²) in [7, 11) is 0. The fourth-order valence-electron chi connectivity index (χ4n) is 4.17. The Morgan fingerprint density at radius 2 is 1.81 bits per heavy atom. The van der Waals surface area contributed by atoms with Crippen molar-refractivity contribution in [2.45, 2.75) is 13.8 Å². The molecule has 0 amide bonds. The maximum atomic E-state index is 12.8. The molecule has 7 heteroatoms. The summed E-state index contributed by atoms with van der Waals surface area (Å²) in [5.74, 6) is 0.646. The van der Waals surface area contributed by atoms with Crippen LogP contribution in [0.15, 0.2) is 52.6 Å². The van der Waals surface area contributed by atoms with Crippen molar-refractivity contribution in [1.29, 1.82) is 0 Å².